The third-order valence-electron chi connectivity index (χ3n) is 3.04. The minimum Gasteiger partial charge on any atom is -0.305 e. The number of nitrogens with one attached hydrogen (secondary N) is 1. The first kappa shape index (κ1) is 14.5. The van der Waals surface area contributed by atoms with Gasteiger partial charge >= 0.3 is 0 Å². The summed E-state index contributed by atoms with van der Waals surface area (Å²) in [4.78, 5) is 0. The van der Waals surface area contributed by atoms with Gasteiger partial charge in [-0.05, 0) is 40.5 Å². The number of hydrogen-bond acceptors (Lipinski definition) is 3. The van der Waals surface area contributed by atoms with E-state index in [0.717, 1.165) is 33.0 Å². The fourth-order valence-corrected chi connectivity index (χ4v) is 2.89. The van der Waals surface area contributed by atoms with Crippen LogP contribution in [-0.4, -0.2) is 21.5 Å². The highest BCUT2D eigenvalue weighted by Gasteiger charge is 2.23. The van der Waals surface area contributed by atoms with Crippen LogP contribution in [0, 0.1) is 6.92 Å². The van der Waals surface area contributed by atoms with Crippen LogP contribution in [-0.2, 0) is 7.05 Å². The number of aromatic nitrogens is 3. The van der Waals surface area contributed by atoms with Gasteiger partial charge in [0.15, 0.2) is 4.60 Å². The zero-order chi connectivity index (χ0) is 14.0. The maximum Gasteiger partial charge on any atom is 0.153 e. The Morgan fingerprint density at radius 3 is 2.79 bits per heavy atom. The van der Waals surface area contributed by atoms with Crippen molar-refractivity contribution in [3.8, 4) is 0 Å². The topological polar surface area (TPSA) is 42.7 Å². The number of nitrogens with zero attached hydrogens (tertiary/aromatic N) is 3. The molecule has 0 fully saturated rings. The molecular weight excluding hydrogens is 328 g/mol. The molecule has 0 aliphatic carbocycles. The molecule has 1 N–H and O–H groups in total. The van der Waals surface area contributed by atoms with Crippen molar-refractivity contribution in [1.82, 2.24) is 20.3 Å². The highest BCUT2D eigenvalue weighted by Crippen LogP contribution is 2.32. The molecule has 0 amide bonds. The smallest absolute Gasteiger partial charge is 0.153 e. The minimum atomic E-state index is -0.0354. The molecule has 102 valence electrons. The SMILES string of the molecule is CCNC(c1cccc(C)c1Cl)c1c(Br)nnn1C. The van der Waals surface area contributed by atoms with Gasteiger partial charge in [0.2, 0.25) is 0 Å². The Hall–Kier alpha value is -0.910. The average molecular weight is 344 g/mol. The molecule has 0 spiro atoms. The maximum absolute atomic E-state index is 6.44. The fraction of sp³-hybridized carbons (Fsp3) is 0.385. The lowest BCUT2D eigenvalue weighted by Gasteiger charge is -2.20. The molecule has 1 heterocycles. The van der Waals surface area contributed by atoms with Gasteiger partial charge in [0.25, 0.3) is 0 Å². The largest absolute Gasteiger partial charge is 0.305 e. The van der Waals surface area contributed by atoms with Gasteiger partial charge in [-0.1, -0.05) is 41.9 Å². The van der Waals surface area contributed by atoms with Crippen molar-refractivity contribution in [2.24, 2.45) is 7.05 Å². The Bertz CT molecular complexity index is 563. The average Bonchev–Trinajstić information content (AvgIpc) is 2.70. The van der Waals surface area contributed by atoms with E-state index < -0.39 is 0 Å². The summed E-state index contributed by atoms with van der Waals surface area (Å²) in [5, 5.41) is 12.3. The molecule has 0 aliphatic rings. The minimum absolute atomic E-state index is 0.0354. The first-order valence-corrected chi connectivity index (χ1v) is 7.26. The first-order chi connectivity index (χ1) is 9.06. The molecule has 4 nitrogen and oxygen atoms in total. The lowest BCUT2D eigenvalue weighted by Crippen LogP contribution is -2.25. The van der Waals surface area contributed by atoms with E-state index in [1.54, 1.807) is 4.68 Å². The van der Waals surface area contributed by atoms with Crippen molar-refractivity contribution in [2.45, 2.75) is 19.9 Å². The standard InChI is InChI=1S/C13H16BrClN4/c1-4-16-11(12-13(14)17-18-19(12)3)9-7-5-6-8(2)10(9)15/h5-7,11,16H,4H2,1-3H3. The van der Waals surface area contributed by atoms with Gasteiger partial charge in [0, 0.05) is 12.1 Å². The summed E-state index contributed by atoms with van der Waals surface area (Å²) < 4.78 is 2.49. The highest BCUT2D eigenvalue weighted by molar-refractivity contribution is 9.10. The van der Waals surface area contributed by atoms with E-state index in [0.29, 0.717) is 0 Å². The molecule has 0 saturated carbocycles. The molecule has 0 radical (unpaired) electrons. The van der Waals surface area contributed by atoms with Crippen LogP contribution in [0.1, 0.15) is 29.8 Å². The third-order valence-corrected chi connectivity index (χ3v) is 4.12. The summed E-state index contributed by atoms with van der Waals surface area (Å²) in [7, 11) is 1.88. The molecule has 1 aromatic carbocycles. The zero-order valence-corrected chi connectivity index (χ0v) is 13.5. The zero-order valence-electron chi connectivity index (χ0n) is 11.1. The van der Waals surface area contributed by atoms with Crippen molar-refractivity contribution in [3.63, 3.8) is 0 Å². The second-order valence-corrected chi connectivity index (χ2v) is 5.49. The van der Waals surface area contributed by atoms with Crippen LogP contribution in [0.4, 0.5) is 0 Å². The molecular formula is C13H16BrClN4. The van der Waals surface area contributed by atoms with Gasteiger partial charge < -0.3 is 5.32 Å². The number of rotatable bonds is 4. The summed E-state index contributed by atoms with van der Waals surface area (Å²) in [5.74, 6) is 0. The number of benzene rings is 1. The monoisotopic (exact) mass is 342 g/mol. The Labute approximate surface area is 126 Å². The van der Waals surface area contributed by atoms with Gasteiger partial charge in [0.1, 0.15) is 0 Å². The van der Waals surface area contributed by atoms with Crippen LogP contribution in [0.3, 0.4) is 0 Å². The van der Waals surface area contributed by atoms with E-state index in [2.05, 4.69) is 38.5 Å². The van der Waals surface area contributed by atoms with Gasteiger partial charge in [-0.2, -0.15) is 0 Å². The third kappa shape index (κ3) is 2.83. The van der Waals surface area contributed by atoms with Gasteiger partial charge in [0.05, 0.1) is 11.7 Å². The molecule has 6 heteroatoms. The second-order valence-electron chi connectivity index (χ2n) is 4.36. The Morgan fingerprint density at radius 1 is 1.47 bits per heavy atom. The summed E-state index contributed by atoms with van der Waals surface area (Å²) in [6, 6.07) is 6.01. The quantitative estimate of drug-likeness (QED) is 0.927. The predicted octanol–water partition coefficient (Wildman–Crippen LogP) is 3.24. The Balaban J connectivity index is 2.55. The maximum atomic E-state index is 6.44. The molecule has 1 atom stereocenters. The van der Waals surface area contributed by atoms with Gasteiger partial charge in [-0.3, -0.25) is 0 Å². The number of halogens is 2. The Morgan fingerprint density at radius 2 is 2.21 bits per heavy atom. The molecule has 2 aromatic rings. The summed E-state index contributed by atoms with van der Waals surface area (Å²) in [6.45, 7) is 4.90. The van der Waals surface area contributed by atoms with Crippen molar-refractivity contribution in [2.75, 3.05) is 6.54 Å². The lowest BCUT2D eigenvalue weighted by atomic mass is 10.0. The normalized spacial score (nSPS) is 12.7. The lowest BCUT2D eigenvalue weighted by molar-refractivity contribution is 0.567. The Kier molecular flexibility index (Phi) is 4.60. The van der Waals surface area contributed by atoms with E-state index in [9.17, 15) is 0 Å². The first-order valence-electron chi connectivity index (χ1n) is 6.09. The molecule has 0 saturated heterocycles. The summed E-state index contributed by atoms with van der Waals surface area (Å²) in [6.07, 6.45) is 0. The van der Waals surface area contributed by atoms with Crippen LogP contribution in [0.15, 0.2) is 22.8 Å². The van der Waals surface area contributed by atoms with E-state index in [-0.39, 0.29) is 6.04 Å². The summed E-state index contributed by atoms with van der Waals surface area (Å²) >= 11 is 9.89. The van der Waals surface area contributed by atoms with Gasteiger partial charge in [-0.15, -0.1) is 5.10 Å². The molecule has 0 aliphatic heterocycles. The molecule has 2 rings (SSSR count). The molecule has 1 aromatic heterocycles. The van der Waals surface area contributed by atoms with Crippen LogP contribution >= 0.6 is 27.5 Å². The van der Waals surface area contributed by atoms with E-state index >= 15 is 0 Å². The molecule has 1 unspecified atom stereocenters. The number of aryl methyl sites for hydroxylation is 2. The van der Waals surface area contributed by atoms with E-state index in [1.807, 2.05) is 32.2 Å². The van der Waals surface area contributed by atoms with E-state index in [1.165, 1.54) is 0 Å². The van der Waals surface area contributed by atoms with Crippen LogP contribution in [0.2, 0.25) is 5.02 Å². The molecule has 0 bridgehead atoms. The van der Waals surface area contributed by atoms with Crippen molar-refractivity contribution >= 4 is 27.5 Å². The van der Waals surface area contributed by atoms with Gasteiger partial charge in [-0.25, -0.2) is 4.68 Å². The predicted molar refractivity (Wildman–Crippen MR) is 80.4 cm³/mol. The van der Waals surface area contributed by atoms with E-state index in [4.69, 9.17) is 11.6 Å². The van der Waals surface area contributed by atoms with Crippen molar-refractivity contribution in [3.05, 3.63) is 44.6 Å². The molecule has 19 heavy (non-hydrogen) atoms. The highest BCUT2D eigenvalue weighted by atomic mass is 79.9. The van der Waals surface area contributed by atoms with Crippen molar-refractivity contribution < 1.29 is 0 Å². The van der Waals surface area contributed by atoms with Crippen LogP contribution in [0.5, 0.6) is 0 Å². The second kappa shape index (κ2) is 6.03. The van der Waals surface area contributed by atoms with Crippen LogP contribution in [0.25, 0.3) is 0 Å². The summed E-state index contributed by atoms with van der Waals surface area (Å²) in [5.41, 5.74) is 3.07. The fourth-order valence-electron chi connectivity index (χ4n) is 2.10. The number of hydrogen-bond donors (Lipinski definition) is 1. The van der Waals surface area contributed by atoms with Crippen LogP contribution < -0.4 is 5.32 Å². The van der Waals surface area contributed by atoms with Crippen molar-refractivity contribution in [1.29, 1.82) is 0 Å².